The van der Waals surface area contributed by atoms with Crippen molar-refractivity contribution in [3.63, 3.8) is 0 Å². The van der Waals surface area contributed by atoms with E-state index >= 15 is 0 Å². The molecule has 0 heterocycles. The summed E-state index contributed by atoms with van der Waals surface area (Å²) in [5, 5.41) is 29.8. The number of carboxylic acids is 2. The molecule has 0 spiro atoms. The Balaban J connectivity index is -0.000000155. The largest absolute Gasteiger partial charge is 0.478 e. The van der Waals surface area contributed by atoms with Crippen LogP contribution < -0.4 is 21.7 Å². The number of methoxy groups -OCH3 is 3. The van der Waals surface area contributed by atoms with Gasteiger partial charge >= 0.3 is 31.5 Å². The summed E-state index contributed by atoms with van der Waals surface area (Å²) in [5.74, 6) is -7.66. The Labute approximate surface area is 251 Å². The molecule has 0 aliphatic carbocycles. The third kappa shape index (κ3) is 32.0. The van der Waals surface area contributed by atoms with Crippen molar-refractivity contribution >= 4 is 61.4 Å². The summed E-state index contributed by atoms with van der Waals surface area (Å²) in [5.41, 5.74) is 4.47. The highest BCUT2D eigenvalue weighted by molar-refractivity contribution is 7.55. The van der Waals surface area contributed by atoms with Gasteiger partial charge in [0, 0.05) is 49.0 Å². The molecule has 0 aliphatic heterocycles. The summed E-state index contributed by atoms with van der Waals surface area (Å²) in [6.07, 6.45) is -2.96. The average molecular weight is 667 g/mol. The third-order valence-corrected chi connectivity index (χ3v) is 5.24. The minimum atomic E-state index is -3.72. The first kappa shape index (κ1) is 49.2. The molecule has 3 atom stereocenters. The van der Waals surface area contributed by atoms with Gasteiger partial charge in [-0.05, 0) is 0 Å². The van der Waals surface area contributed by atoms with E-state index in [0.29, 0.717) is 0 Å². The molecular formula is C21H39N4O18P. The van der Waals surface area contributed by atoms with Crippen molar-refractivity contribution in [3.05, 3.63) is 0 Å². The van der Waals surface area contributed by atoms with Crippen molar-refractivity contribution in [1.29, 1.82) is 0 Å². The topological polar surface area (TPSA) is 340 Å². The number of carbonyl (C=O) groups excluding carboxylic acids is 7. The van der Waals surface area contributed by atoms with Crippen LogP contribution in [0.25, 0.3) is 0 Å². The molecule has 0 fully saturated rings. The zero-order chi connectivity index (χ0) is 36.2. The molecule has 23 heteroatoms. The molecule has 22 nitrogen and oxygen atoms in total. The van der Waals surface area contributed by atoms with Crippen LogP contribution in [0, 0.1) is 0 Å². The molecule has 8 N–H and O–H groups in total. The summed E-state index contributed by atoms with van der Waals surface area (Å²) in [4.78, 5) is 90.1. The number of primary amides is 1. The number of aliphatic carboxylic acids is 2. The van der Waals surface area contributed by atoms with Crippen LogP contribution in [0.3, 0.4) is 0 Å². The summed E-state index contributed by atoms with van der Waals surface area (Å²) < 4.78 is 34.3. The van der Waals surface area contributed by atoms with Gasteiger partial charge in [0.05, 0.1) is 14.2 Å². The van der Waals surface area contributed by atoms with E-state index in [2.05, 4.69) is 39.6 Å². The summed E-state index contributed by atoms with van der Waals surface area (Å²) in [6, 6.07) is 0. The van der Waals surface area contributed by atoms with Gasteiger partial charge in [-0.1, -0.05) is 0 Å². The SMILES string of the molecule is CC(=O)NC(O)C(=O)O.CC(N)=O.COC(=O)C(NC(C)=O)OC.COC(=O)C(NC(C)=O)P(=O)(OC)OC.O=CC(=O)O. The Morgan fingerprint density at radius 1 is 0.727 bits per heavy atom. The molecule has 0 aromatic carbocycles. The highest BCUT2D eigenvalue weighted by Gasteiger charge is 2.41. The van der Waals surface area contributed by atoms with Crippen LogP contribution in [-0.4, -0.2) is 123 Å². The minimum absolute atomic E-state index is 0.167. The maximum absolute atomic E-state index is 11.8. The number of aliphatic hydroxyl groups is 1. The molecule has 3 unspecified atom stereocenters. The lowest BCUT2D eigenvalue weighted by Gasteiger charge is -2.22. The van der Waals surface area contributed by atoms with Crippen molar-refractivity contribution < 1.29 is 86.3 Å². The number of nitrogens with one attached hydrogen (secondary N) is 3. The van der Waals surface area contributed by atoms with Crippen molar-refractivity contribution in [2.75, 3.05) is 35.5 Å². The summed E-state index contributed by atoms with van der Waals surface area (Å²) in [6.45, 7) is 4.88. The molecule has 0 rings (SSSR count). The van der Waals surface area contributed by atoms with Crippen LogP contribution in [0.4, 0.5) is 0 Å². The fraction of sp³-hybridized carbons (Fsp3) is 0.571. The number of carboxylic acid groups (broad SMARTS) is 2. The smallest absolute Gasteiger partial charge is 0.368 e. The summed E-state index contributed by atoms with van der Waals surface area (Å²) >= 11 is 0. The second kappa shape index (κ2) is 28.6. The highest BCUT2D eigenvalue weighted by atomic mass is 31.2. The number of hydrogen-bond donors (Lipinski definition) is 7. The minimum Gasteiger partial charge on any atom is -0.478 e. The van der Waals surface area contributed by atoms with Gasteiger partial charge in [-0.25, -0.2) is 19.2 Å². The predicted molar refractivity (Wildman–Crippen MR) is 144 cm³/mol. The number of carbonyl (C=O) groups is 9. The van der Waals surface area contributed by atoms with E-state index in [1.807, 2.05) is 0 Å². The highest BCUT2D eigenvalue weighted by Crippen LogP contribution is 2.50. The average Bonchev–Trinajstić information content (AvgIpc) is 2.93. The van der Waals surface area contributed by atoms with E-state index in [1.54, 1.807) is 5.32 Å². The maximum atomic E-state index is 11.8. The molecule has 0 saturated heterocycles. The van der Waals surface area contributed by atoms with Gasteiger partial charge in [-0.3, -0.25) is 28.5 Å². The van der Waals surface area contributed by atoms with E-state index in [0.717, 1.165) is 28.3 Å². The molecule has 0 aromatic rings. The van der Waals surface area contributed by atoms with Crippen LogP contribution in [0.2, 0.25) is 0 Å². The Kier molecular flexibility index (Phi) is 32.0. The van der Waals surface area contributed by atoms with Crippen LogP contribution in [0.5, 0.6) is 0 Å². The van der Waals surface area contributed by atoms with Gasteiger partial charge < -0.3 is 60.3 Å². The number of nitrogens with two attached hydrogens (primary N) is 1. The van der Waals surface area contributed by atoms with Crippen LogP contribution in [0.1, 0.15) is 27.7 Å². The number of aliphatic hydroxyl groups excluding tert-OH is 1. The first-order valence-electron chi connectivity index (χ1n) is 11.1. The van der Waals surface area contributed by atoms with Gasteiger partial charge in [0.15, 0.2) is 0 Å². The van der Waals surface area contributed by atoms with Crippen LogP contribution in [-0.2, 0) is 71.0 Å². The fourth-order valence-electron chi connectivity index (χ4n) is 1.62. The number of ether oxygens (including phenoxy) is 3. The molecule has 0 radical (unpaired) electrons. The molecular weight excluding hydrogens is 627 g/mol. The normalized spacial score (nSPS) is 11.2. The van der Waals surface area contributed by atoms with E-state index in [-0.39, 0.29) is 18.1 Å². The molecule has 0 saturated carbocycles. The Morgan fingerprint density at radius 2 is 1.07 bits per heavy atom. The van der Waals surface area contributed by atoms with Crippen LogP contribution in [0.15, 0.2) is 0 Å². The number of rotatable bonds is 11. The van der Waals surface area contributed by atoms with Gasteiger partial charge in [0.2, 0.25) is 48.2 Å². The maximum Gasteiger partial charge on any atom is 0.368 e. The lowest BCUT2D eigenvalue weighted by Crippen LogP contribution is -2.41. The second-order valence-corrected chi connectivity index (χ2v) is 9.21. The standard InChI is InChI=1S/C7H14NO6P.C6H11NO4.C4H7NO4.C2H5NO.C2H2O3/c1-5(9)8-6(7(10)12-2)15(11,13-3)14-4;1-4(8)7-5(10-2)6(9)11-3;1-2(6)5-3(7)4(8)9;1-2(3)4;3-1-2(4)5/h6H,1-4H3,(H,8,9);5H,1-3H3,(H,7,8);3,7H,1H3,(H,5,6)(H,8,9);1H3,(H2,3,4);1H,(H,4,5). The van der Waals surface area contributed by atoms with Crippen molar-refractivity contribution in [3.8, 4) is 0 Å². The zero-order valence-electron chi connectivity index (χ0n) is 25.3. The number of hydrogen-bond acceptors (Lipinski definition) is 16. The molecule has 0 aromatic heterocycles. The van der Waals surface area contributed by atoms with E-state index < -0.39 is 61.5 Å². The Bertz CT molecular complexity index is 993. The monoisotopic (exact) mass is 666 g/mol. The lowest BCUT2D eigenvalue weighted by atomic mass is 10.5. The van der Waals surface area contributed by atoms with Crippen molar-refractivity contribution in [2.24, 2.45) is 5.73 Å². The quantitative estimate of drug-likeness (QED) is 0.0372. The van der Waals surface area contributed by atoms with Gasteiger partial charge in [-0.15, -0.1) is 0 Å². The van der Waals surface area contributed by atoms with Crippen molar-refractivity contribution in [2.45, 2.75) is 45.9 Å². The third-order valence-electron chi connectivity index (χ3n) is 3.25. The van der Waals surface area contributed by atoms with Gasteiger partial charge in [0.1, 0.15) is 0 Å². The predicted octanol–water partition coefficient (Wildman–Crippen LogP) is -3.34. The first-order valence-corrected chi connectivity index (χ1v) is 12.7. The van der Waals surface area contributed by atoms with Crippen molar-refractivity contribution in [1.82, 2.24) is 16.0 Å². The molecule has 0 bridgehead atoms. The van der Waals surface area contributed by atoms with Gasteiger partial charge in [-0.2, -0.15) is 0 Å². The molecule has 44 heavy (non-hydrogen) atoms. The molecule has 256 valence electrons. The van der Waals surface area contributed by atoms with E-state index in [1.165, 1.54) is 35.0 Å². The Hall–Kier alpha value is -4.50. The van der Waals surface area contributed by atoms with E-state index in [9.17, 15) is 38.1 Å². The fourth-order valence-corrected chi connectivity index (χ4v) is 2.89. The molecule has 0 aliphatic rings. The molecule has 4 amide bonds. The number of amides is 4. The summed E-state index contributed by atoms with van der Waals surface area (Å²) in [7, 11) is 2.13. The first-order chi connectivity index (χ1) is 20.1. The number of aldehydes is 1. The zero-order valence-corrected chi connectivity index (χ0v) is 26.2. The number of esters is 2. The lowest BCUT2D eigenvalue weighted by molar-refractivity contribution is -0.156. The van der Waals surface area contributed by atoms with Gasteiger partial charge in [0.25, 0.3) is 0 Å². The van der Waals surface area contributed by atoms with Crippen LogP contribution >= 0.6 is 7.60 Å². The van der Waals surface area contributed by atoms with E-state index in [4.69, 9.17) is 24.9 Å². The Morgan fingerprint density at radius 3 is 1.25 bits per heavy atom. The second-order valence-electron chi connectivity index (χ2n) is 6.88.